The molecular formula is C21H20N4O4S2. The first-order chi connectivity index (χ1) is 14.7. The third-order valence-corrected chi connectivity index (χ3v) is 6.25. The van der Waals surface area contributed by atoms with E-state index in [4.69, 9.17) is 0 Å². The van der Waals surface area contributed by atoms with Crippen molar-refractivity contribution in [2.24, 2.45) is 5.92 Å². The number of benzene rings is 2. The maximum absolute atomic E-state index is 12.7. The highest BCUT2D eigenvalue weighted by molar-refractivity contribution is 8.01. The van der Waals surface area contributed by atoms with Gasteiger partial charge in [-0.1, -0.05) is 31.7 Å². The standard InChI is InChI=1S/C21H20N4O4S2/c1-12(2)19(26)23-15-5-4-6-16(10-15)24-20(27)14-7-8-18(17(9-14)25(28)29)31-21-22-13(3)11-30-21/h4-12H,1-3H3,(H,23,26)(H,24,27). The van der Waals surface area contributed by atoms with Crippen molar-refractivity contribution in [3.8, 4) is 0 Å². The first-order valence-corrected chi connectivity index (χ1v) is 11.0. The monoisotopic (exact) mass is 456 g/mol. The summed E-state index contributed by atoms with van der Waals surface area (Å²) in [6.07, 6.45) is 0. The van der Waals surface area contributed by atoms with Gasteiger partial charge in [0.25, 0.3) is 11.6 Å². The third kappa shape index (κ3) is 5.89. The zero-order valence-corrected chi connectivity index (χ0v) is 18.7. The van der Waals surface area contributed by atoms with Crippen LogP contribution in [0.5, 0.6) is 0 Å². The molecule has 160 valence electrons. The number of aryl methyl sites for hydroxylation is 1. The van der Waals surface area contributed by atoms with Gasteiger partial charge in [-0.2, -0.15) is 0 Å². The van der Waals surface area contributed by atoms with Crippen LogP contribution in [0.2, 0.25) is 0 Å². The molecule has 2 amide bonds. The molecule has 3 rings (SSSR count). The van der Waals surface area contributed by atoms with E-state index in [-0.39, 0.29) is 23.1 Å². The lowest BCUT2D eigenvalue weighted by Gasteiger charge is -2.10. The Balaban J connectivity index is 1.78. The van der Waals surface area contributed by atoms with E-state index in [0.29, 0.717) is 20.6 Å². The van der Waals surface area contributed by atoms with Gasteiger partial charge in [0.05, 0.1) is 9.82 Å². The minimum absolute atomic E-state index is 0.136. The molecule has 0 atom stereocenters. The highest BCUT2D eigenvalue weighted by Crippen LogP contribution is 2.37. The van der Waals surface area contributed by atoms with E-state index in [1.165, 1.54) is 35.2 Å². The van der Waals surface area contributed by atoms with Crippen molar-refractivity contribution in [3.05, 3.63) is 69.2 Å². The van der Waals surface area contributed by atoms with Crippen LogP contribution in [0.15, 0.2) is 57.1 Å². The lowest BCUT2D eigenvalue weighted by molar-refractivity contribution is -0.387. The molecule has 0 aliphatic rings. The van der Waals surface area contributed by atoms with Crippen LogP contribution >= 0.6 is 23.1 Å². The Morgan fingerprint density at radius 1 is 1.13 bits per heavy atom. The van der Waals surface area contributed by atoms with Crippen LogP contribution < -0.4 is 10.6 Å². The van der Waals surface area contributed by atoms with Crippen molar-refractivity contribution in [2.45, 2.75) is 30.0 Å². The van der Waals surface area contributed by atoms with Crippen LogP contribution in [-0.2, 0) is 4.79 Å². The molecule has 2 aromatic carbocycles. The average molecular weight is 457 g/mol. The number of hydrogen-bond donors (Lipinski definition) is 2. The van der Waals surface area contributed by atoms with Gasteiger partial charge >= 0.3 is 0 Å². The van der Waals surface area contributed by atoms with E-state index in [9.17, 15) is 19.7 Å². The van der Waals surface area contributed by atoms with E-state index in [2.05, 4.69) is 15.6 Å². The number of nitro benzene ring substituents is 1. The number of thiazole rings is 1. The van der Waals surface area contributed by atoms with Crippen LogP contribution in [0.4, 0.5) is 17.1 Å². The summed E-state index contributed by atoms with van der Waals surface area (Å²) < 4.78 is 0.693. The summed E-state index contributed by atoms with van der Waals surface area (Å²) in [6.45, 7) is 5.42. The van der Waals surface area contributed by atoms with Gasteiger partial charge in [-0.05, 0) is 37.3 Å². The zero-order chi connectivity index (χ0) is 22.5. The predicted molar refractivity (Wildman–Crippen MR) is 122 cm³/mol. The molecule has 2 N–H and O–H groups in total. The van der Waals surface area contributed by atoms with E-state index >= 15 is 0 Å². The molecule has 0 aliphatic carbocycles. The first kappa shape index (κ1) is 22.4. The lowest BCUT2D eigenvalue weighted by Crippen LogP contribution is -2.18. The summed E-state index contributed by atoms with van der Waals surface area (Å²) in [4.78, 5) is 40.3. The maximum atomic E-state index is 12.7. The lowest BCUT2D eigenvalue weighted by atomic mass is 10.1. The second kappa shape index (κ2) is 9.71. The second-order valence-electron chi connectivity index (χ2n) is 6.98. The van der Waals surface area contributed by atoms with Crippen molar-refractivity contribution in [3.63, 3.8) is 0 Å². The molecule has 0 spiro atoms. The molecule has 10 heteroatoms. The summed E-state index contributed by atoms with van der Waals surface area (Å²) in [5.41, 5.74) is 1.85. The van der Waals surface area contributed by atoms with Crippen LogP contribution in [-0.4, -0.2) is 21.7 Å². The molecule has 0 bridgehead atoms. The fourth-order valence-corrected chi connectivity index (χ4v) is 4.40. The van der Waals surface area contributed by atoms with Crippen molar-refractivity contribution >= 4 is 52.0 Å². The Labute approximate surface area is 187 Å². The fourth-order valence-electron chi connectivity index (χ4n) is 2.53. The SMILES string of the molecule is Cc1csc(Sc2ccc(C(=O)Nc3cccc(NC(=O)C(C)C)c3)cc2[N+](=O)[O-])n1. The highest BCUT2D eigenvalue weighted by Gasteiger charge is 2.20. The summed E-state index contributed by atoms with van der Waals surface area (Å²) >= 11 is 2.60. The topological polar surface area (TPSA) is 114 Å². The van der Waals surface area contributed by atoms with Crippen molar-refractivity contribution < 1.29 is 14.5 Å². The van der Waals surface area contributed by atoms with Gasteiger partial charge in [0.15, 0.2) is 4.34 Å². The maximum Gasteiger partial charge on any atom is 0.284 e. The number of nitrogens with one attached hydrogen (secondary N) is 2. The Morgan fingerprint density at radius 3 is 2.45 bits per heavy atom. The molecule has 3 aromatic rings. The molecule has 1 aromatic heterocycles. The first-order valence-electron chi connectivity index (χ1n) is 9.33. The Morgan fingerprint density at radius 2 is 1.84 bits per heavy atom. The Kier molecular flexibility index (Phi) is 7.03. The Hall–Kier alpha value is -3.24. The summed E-state index contributed by atoms with van der Waals surface area (Å²) in [5.74, 6) is -0.803. The fraction of sp³-hybridized carbons (Fsp3) is 0.190. The van der Waals surface area contributed by atoms with Crippen LogP contribution in [0, 0.1) is 23.0 Å². The number of aromatic nitrogens is 1. The quantitative estimate of drug-likeness (QED) is 0.365. The van der Waals surface area contributed by atoms with E-state index < -0.39 is 10.8 Å². The van der Waals surface area contributed by atoms with Crippen molar-refractivity contribution in [2.75, 3.05) is 10.6 Å². The van der Waals surface area contributed by atoms with Crippen LogP contribution in [0.25, 0.3) is 0 Å². The van der Waals surface area contributed by atoms with Crippen molar-refractivity contribution in [1.29, 1.82) is 0 Å². The second-order valence-corrected chi connectivity index (χ2v) is 9.12. The number of carbonyl (C=O) groups is 2. The minimum Gasteiger partial charge on any atom is -0.326 e. The van der Waals surface area contributed by atoms with E-state index in [0.717, 1.165) is 5.69 Å². The largest absolute Gasteiger partial charge is 0.326 e. The molecule has 1 heterocycles. The van der Waals surface area contributed by atoms with Crippen LogP contribution in [0.1, 0.15) is 29.9 Å². The average Bonchev–Trinajstić information content (AvgIpc) is 3.12. The Bertz CT molecular complexity index is 1140. The molecule has 0 aliphatic heterocycles. The molecular weight excluding hydrogens is 436 g/mol. The normalized spacial score (nSPS) is 10.7. The van der Waals surface area contributed by atoms with E-state index in [1.807, 2.05) is 12.3 Å². The predicted octanol–water partition coefficient (Wildman–Crippen LogP) is 5.36. The van der Waals surface area contributed by atoms with E-state index in [1.54, 1.807) is 44.2 Å². The molecule has 31 heavy (non-hydrogen) atoms. The molecule has 8 nitrogen and oxygen atoms in total. The molecule has 0 saturated heterocycles. The summed E-state index contributed by atoms with van der Waals surface area (Å²) in [7, 11) is 0. The number of anilines is 2. The molecule has 0 unspecified atom stereocenters. The summed E-state index contributed by atoms with van der Waals surface area (Å²) in [6, 6.07) is 11.1. The smallest absolute Gasteiger partial charge is 0.284 e. The van der Waals surface area contributed by atoms with Crippen LogP contribution in [0.3, 0.4) is 0 Å². The van der Waals surface area contributed by atoms with Gasteiger partial charge in [-0.3, -0.25) is 19.7 Å². The number of hydrogen-bond acceptors (Lipinski definition) is 7. The third-order valence-electron chi connectivity index (χ3n) is 4.13. The number of carbonyl (C=O) groups excluding carboxylic acids is 2. The number of amides is 2. The highest BCUT2D eigenvalue weighted by atomic mass is 32.2. The number of rotatable bonds is 7. The van der Waals surface area contributed by atoms with Gasteiger partial charge in [-0.15, -0.1) is 11.3 Å². The number of nitro groups is 1. The molecule has 0 radical (unpaired) electrons. The number of nitrogens with zero attached hydrogens (tertiary/aromatic N) is 2. The van der Waals surface area contributed by atoms with Crippen molar-refractivity contribution in [1.82, 2.24) is 4.98 Å². The van der Waals surface area contributed by atoms with Gasteiger partial charge < -0.3 is 10.6 Å². The minimum atomic E-state index is -0.512. The molecule has 0 saturated carbocycles. The summed E-state index contributed by atoms with van der Waals surface area (Å²) in [5, 5.41) is 18.9. The zero-order valence-electron chi connectivity index (χ0n) is 17.0. The van der Waals surface area contributed by atoms with Gasteiger partial charge in [-0.25, -0.2) is 4.98 Å². The van der Waals surface area contributed by atoms with Gasteiger partial charge in [0, 0.05) is 40.0 Å². The van der Waals surface area contributed by atoms with Gasteiger partial charge in [0.2, 0.25) is 5.91 Å². The van der Waals surface area contributed by atoms with Gasteiger partial charge in [0.1, 0.15) is 0 Å². The molecule has 0 fully saturated rings.